The van der Waals surface area contributed by atoms with E-state index in [1.807, 2.05) is 24.3 Å². The maximum absolute atomic E-state index is 11.9. The van der Waals surface area contributed by atoms with Crippen molar-refractivity contribution in [1.82, 2.24) is 15.8 Å². The minimum Gasteiger partial charge on any atom is -0.312 e. The van der Waals surface area contributed by atoms with Crippen LogP contribution in [0.4, 0.5) is 5.69 Å². The van der Waals surface area contributed by atoms with Crippen LogP contribution in [0.3, 0.4) is 0 Å². The first-order chi connectivity index (χ1) is 12.1. The van der Waals surface area contributed by atoms with Crippen LogP contribution in [0.25, 0.3) is 0 Å². The Labute approximate surface area is 145 Å². The van der Waals surface area contributed by atoms with Gasteiger partial charge in [0.25, 0.3) is 5.91 Å². The van der Waals surface area contributed by atoms with E-state index < -0.39 is 5.91 Å². The van der Waals surface area contributed by atoms with E-state index in [1.54, 1.807) is 23.2 Å². The molecule has 0 unspecified atom stereocenters. The molecule has 1 saturated heterocycles. The largest absolute Gasteiger partial charge is 0.312 e. The molecule has 0 bridgehead atoms. The zero-order valence-corrected chi connectivity index (χ0v) is 13.6. The highest BCUT2D eigenvalue weighted by atomic mass is 16.2. The summed E-state index contributed by atoms with van der Waals surface area (Å²) in [7, 11) is 0. The van der Waals surface area contributed by atoms with Crippen LogP contribution in [-0.2, 0) is 16.0 Å². The van der Waals surface area contributed by atoms with Crippen LogP contribution in [0, 0.1) is 0 Å². The highest BCUT2D eigenvalue weighted by Gasteiger charge is 2.21. The quantitative estimate of drug-likeness (QED) is 0.820. The van der Waals surface area contributed by atoms with Gasteiger partial charge in [0.15, 0.2) is 0 Å². The van der Waals surface area contributed by atoms with Crippen molar-refractivity contribution in [2.45, 2.75) is 19.3 Å². The molecular weight excluding hydrogens is 320 g/mol. The summed E-state index contributed by atoms with van der Waals surface area (Å²) in [5.74, 6) is -0.629. The Morgan fingerprint density at radius 1 is 1.12 bits per heavy atom. The molecule has 1 aliphatic heterocycles. The molecule has 128 valence electrons. The van der Waals surface area contributed by atoms with Gasteiger partial charge in [-0.15, -0.1) is 0 Å². The van der Waals surface area contributed by atoms with E-state index in [0.717, 1.165) is 24.2 Å². The molecular formula is C18H18N4O3. The van der Waals surface area contributed by atoms with Gasteiger partial charge in [-0.2, -0.15) is 0 Å². The minimum absolute atomic E-state index is 0.127. The number of rotatable bonds is 4. The van der Waals surface area contributed by atoms with Crippen molar-refractivity contribution < 1.29 is 14.4 Å². The molecule has 1 fully saturated rings. The number of benzene rings is 1. The predicted octanol–water partition coefficient (Wildman–Crippen LogP) is 1.21. The zero-order chi connectivity index (χ0) is 17.6. The molecule has 2 heterocycles. The van der Waals surface area contributed by atoms with Crippen molar-refractivity contribution >= 4 is 23.4 Å². The second-order valence-electron chi connectivity index (χ2n) is 5.74. The molecule has 3 amide bonds. The van der Waals surface area contributed by atoms with E-state index in [-0.39, 0.29) is 18.2 Å². The number of pyridine rings is 1. The summed E-state index contributed by atoms with van der Waals surface area (Å²) in [4.78, 5) is 41.1. The van der Waals surface area contributed by atoms with E-state index in [2.05, 4.69) is 15.8 Å². The number of carbonyl (C=O) groups excluding carboxylic acids is 3. The first-order valence-corrected chi connectivity index (χ1v) is 8.02. The van der Waals surface area contributed by atoms with Gasteiger partial charge in [-0.1, -0.05) is 12.1 Å². The lowest BCUT2D eigenvalue weighted by atomic mass is 10.1. The smallest absolute Gasteiger partial charge is 0.271 e. The average Bonchev–Trinajstić information content (AvgIpc) is 3.07. The van der Waals surface area contributed by atoms with Crippen molar-refractivity contribution in [2.24, 2.45) is 0 Å². The zero-order valence-electron chi connectivity index (χ0n) is 13.6. The highest BCUT2D eigenvalue weighted by Crippen LogP contribution is 2.21. The molecule has 7 heteroatoms. The molecule has 1 aromatic heterocycles. The number of anilines is 1. The summed E-state index contributed by atoms with van der Waals surface area (Å²) in [5.41, 5.74) is 6.73. The Morgan fingerprint density at radius 2 is 1.92 bits per heavy atom. The van der Waals surface area contributed by atoms with Crippen LogP contribution in [0.15, 0.2) is 48.8 Å². The third-order valence-electron chi connectivity index (χ3n) is 3.93. The van der Waals surface area contributed by atoms with Crippen molar-refractivity contribution in [3.8, 4) is 0 Å². The summed E-state index contributed by atoms with van der Waals surface area (Å²) >= 11 is 0. The fourth-order valence-electron chi connectivity index (χ4n) is 2.64. The summed E-state index contributed by atoms with van der Waals surface area (Å²) < 4.78 is 0. The maximum atomic E-state index is 11.9. The fourth-order valence-corrected chi connectivity index (χ4v) is 2.64. The average molecular weight is 338 g/mol. The van der Waals surface area contributed by atoms with Crippen LogP contribution in [-0.4, -0.2) is 29.3 Å². The van der Waals surface area contributed by atoms with Crippen LogP contribution < -0.4 is 15.8 Å². The lowest BCUT2D eigenvalue weighted by molar-refractivity contribution is -0.121. The van der Waals surface area contributed by atoms with Crippen LogP contribution in [0.1, 0.15) is 28.8 Å². The molecule has 0 radical (unpaired) electrons. The number of nitrogens with one attached hydrogen (secondary N) is 2. The third-order valence-corrected chi connectivity index (χ3v) is 3.93. The first kappa shape index (κ1) is 16.6. The standard InChI is InChI=1S/C18H18N4O3/c23-16(20-21-18(25)14-3-1-9-19-12-14)11-13-5-7-15(8-6-13)22-10-2-4-17(22)24/h1,3,5-9,12H,2,4,10-11H2,(H,20,23)(H,21,25). The normalized spacial score (nSPS) is 13.6. The molecule has 1 aliphatic rings. The lowest BCUT2D eigenvalue weighted by Crippen LogP contribution is -2.42. The molecule has 7 nitrogen and oxygen atoms in total. The Hall–Kier alpha value is -3.22. The van der Waals surface area contributed by atoms with Crippen molar-refractivity contribution in [3.63, 3.8) is 0 Å². The van der Waals surface area contributed by atoms with Gasteiger partial charge in [-0.3, -0.25) is 30.2 Å². The Bertz CT molecular complexity index is 775. The van der Waals surface area contributed by atoms with Crippen LogP contribution in [0.2, 0.25) is 0 Å². The second-order valence-corrected chi connectivity index (χ2v) is 5.74. The van der Waals surface area contributed by atoms with E-state index in [1.165, 1.54) is 6.20 Å². The number of hydrogen-bond acceptors (Lipinski definition) is 4. The molecule has 1 aromatic carbocycles. The topological polar surface area (TPSA) is 91.4 Å². The number of carbonyl (C=O) groups is 3. The van der Waals surface area contributed by atoms with Crippen molar-refractivity contribution in [3.05, 3.63) is 59.9 Å². The maximum Gasteiger partial charge on any atom is 0.271 e. The monoisotopic (exact) mass is 338 g/mol. The van der Waals surface area contributed by atoms with E-state index >= 15 is 0 Å². The summed E-state index contributed by atoms with van der Waals surface area (Å²) in [6.07, 6.45) is 4.57. The predicted molar refractivity (Wildman–Crippen MR) is 91.6 cm³/mol. The number of amides is 3. The van der Waals surface area contributed by atoms with Gasteiger partial charge in [-0.25, -0.2) is 0 Å². The van der Waals surface area contributed by atoms with Crippen molar-refractivity contribution in [1.29, 1.82) is 0 Å². The van der Waals surface area contributed by atoms with Gasteiger partial charge in [0.1, 0.15) is 0 Å². The highest BCUT2D eigenvalue weighted by molar-refractivity contribution is 5.96. The van der Waals surface area contributed by atoms with Gasteiger partial charge in [-0.05, 0) is 36.2 Å². The molecule has 0 aliphatic carbocycles. The number of aromatic nitrogens is 1. The Morgan fingerprint density at radius 3 is 2.56 bits per heavy atom. The molecule has 2 aromatic rings. The first-order valence-electron chi connectivity index (χ1n) is 8.02. The molecule has 25 heavy (non-hydrogen) atoms. The second kappa shape index (κ2) is 7.57. The Balaban J connectivity index is 1.51. The Kier molecular flexibility index (Phi) is 5.03. The van der Waals surface area contributed by atoms with Crippen molar-refractivity contribution in [2.75, 3.05) is 11.4 Å². The molecule has 0 spiro atoms. The number of hydrazine groups is 1. The van der Waals surface area contributed by atoms with Gasteiger partial charge >= 0.3 is 0 Å². The van der Waals surface area contributed by atoms with Gasteiger partial charge in [0.2, 0.25) is 11.8 Å². The summed E-state index contributed by atoms with van der Waals surface area (Å²) in [6.45, 7) is 0.735. The van der Waals surface area contributed by atoms with Gasteiger partial charge in [0.05, 0.1) is 12.0 Å². The van der Waals surface area contributed by atoms with Gasteiger partial charge < -0.3 is 4.90 Å². The van der Waals surface area contributed by atoms with E-state index in [4.69, 9.17) is 0 Å². The molecule has 2 N–H and O–H groups in total. The third kappa shape index (κ3) is 4.20. The minimum atomic E-state index is -0.427. The number of hydrogen-bond donors (Lipinski definition) is 2. The molecule has 3 rings (SSSR count). The van der Waals surface area contributed by atoms with Gasteiger partial charge in [0, 0.05) is 31.0 Å². The van der Waals surface area contributed by atoms with Crippen LogP contribution >= 0.6 is 0 Å². The summed E-state index contributed by atoms with van der Waals surface area (Å²) in [6, 6.07) is 10.5. The molecule has 0 atom stereocenters. The van der Waals surface area contributed by atoms with Crippen LogP contribution in [0.5, 0.6) is 0 Å². The summed E-state index contributed by atoms with van der Waals surface area (Å²) in [5, 5.41) is 0. The molecule has 0 saturated carbocycles. The van der Waals surface area contributed by atoms with E-state index in [9.17, 15) is 14.4 Å². The SMILES string of the molecule is O=C(Cc1ccc(N2CCCC2=O)cc1)NNC(=O)c1cccnc1. The number of nitrogens with zero attached hydrogens (tertiary/aromatic N) is 2. The lowest BCUT2D eigenvalue weighted by Gasteiger charge is -2.15. The fraction of sp³-hybridized carbons (Fsp3) is 0.222. The van der Waals surface area contributed by atoms with E-state index in [0.29, 0.717) is 12.0 Å².